The number of nitrogens with one attached hydrogen (secondary N) is 2. The van der Waals surface area contributed by atoms with Crippen molar-refractivity contribution in [2.75, 3.05) is 7.11 Å². The Bertz CT molecular complexity index is 522. The lowest BCUT2D eigenvalue weighted by atomic mass is 9.86. The van der Waals surface area contributed by atoms with E-state index in [4.69, 9.17) is 4.74 Å². The van der Waals surface area contributed by atoms with Gasteiger partial charge in [0.2, 0.25) is 11.8 Å². The number of hydrazine groups is 1. The molecule has 0 bridgehead atoms. The summed E-state index contributed by atoms with van der Waals surface area (Å²) in [6, 6.07) is 7.30. The normalized spacial score (nSPS) is 14.9. The lowest BCUT2D eigenvalue weighted by Crippen LogP contribution is -2.42. The average molecular weight is 332 g/mol. The topological polar surface area (TPSA) is 67.4 Å². The number of benzene rings is 1. The van der Waals surface area contributed by atoms with Crippen LogP contribution in [0.4, 0.5) is 0 Å². The number of amides is 2. The van der Waals surface area contributed by atoms with E-state index in [0.717, 1.165) is 30.1 Å². The quantitative estimate of drug-likeness (QED) is 0.754. The van der Waals surface area contributed by atoms with Crippen molar-refractivity contribution in [1.82, 2.24) is 10.9 Å². The largest absolute Gasteiger partial charge is 0.497 e. The first-order valence-electron chi connectivity index (χ1n) is 8.88. The zero-order valence-corrected chi connectivity index (χ0v) is 14.5. The van der Waals surface area contributed by atoms with Crippen LogP contribution in [0.25, 0.3) is 0 Å². The van der Waals surface area contributed by atoms with Gasteiger partial charge in [-0.2, -0.15) is 0 Å². The maximum atomic E-state index is 11.8. The SMILES string of the molecule is COc1ccc(CC(=O)NNC(=O)CCCC2CCCCC2)cc1. The highest BCUT2D eigenvalue weighted by Gasteiger charge is 2.13. The Labute approximate surface area is 144 Å². The molecule has 0 saturated heterocycles. The van der Waals surface area contributed by atoms with Crippen molar-refractivity contribution in [1.29, 1.82) is 0 Å². The van der Waals surface area contributed by atoms with E-state index >= 15 is 0 Å². The van der Waals surface area contributed by atoms with Gasteiger partial charge in [-0.05, 0) is 36.5 Å². The van der Waals surface area contributed by atoms with Gasteiger partial charge < -0.3 is 4.74 Å². The van der Waals surface area contributed by atoms with E-state index < -0.39 is 0 Å². The minimum absolute atomic E-state index is 0.117. The Balaban J connectivity index is 1.59. The summed E-state index contributed by atoms with van der Waals surface area (Å²) < 4.78 is 5.08. The van der Waals surface area contributed by atoms with E-state index in [9.17, 15) is 9.59 Å². The van der Waals surface area contributed by atoms with Crippen LogP contribution in [0.2, 0.25) is 0 Å². The molecule has 0 atom stereocenters. The fourth-order valence-electron chi connectivity index (χ4n) is 3.20. The molecule has 1 saturated carbocycles. The predicted octanol–water partition coefficient (Wildman–Crippen LogP) is 3.14. The predicted molar refractivity (Wildman–Crippen MR) is 93.4 cm³/mol. The van der Waals surface area contributed by atoms with Crippen LogP contribution in [-0.2, 0) is 16.0 Å². The number of hydrogen-bond acceptors (Lipinski definition) is 3. The lowest BCUT2D eigenvalue weighted by molar-refractivity contribution is -0.128. The number of methoxy groups -OCH3 is 1. The van der Waals surface area contributed by atoms with E-state index in [1.165, 1.54) is 32.1 Å². The molecule has 0 unspecified atom stereocenters. The molecule has 1 aromatic rings. The standard InChI is InChI=1S/C19H28N2O3/c1-24-17-12-10-16(11-13-17)14-19(23)21-20-18(22)9-5-8-15-6-3-2-4-7-15/h10-13,15H,2-9,14H2,1H3,(H,20,22)(H,21,23). The van der Waals surface area contributed by atoms with E-state index in [0.29, 0.717) is 6.42 Å². The zero-order chi connectivity index (χ0) is 17.2. The molecule has 1 aromatic carbocycles. The third kappa shape index (κ3) is 6.60. The summed E-state index contributed by atoms with van der Waals surface area (Å²) in [5, 5.41) is 0. The summed E-state index contributed by atoms with van der Waals surface area (Å²) in [6.07, 6.45) is 9.35. The van der Waals surface area contributed by atoms with Gasteiger partial charge in [-0.15, -0.1) is 0 Å². The molecule has 1 fully saturated rings. The smallest absolute Gasteiger partial charge is 0.242 e. The van der Waals surface area contributed by atoms with Crippen LogP contribution >= 0.6 is 0 Å². The molecule has 1 aliphatic rings. The molecule has 132 valence electrons. The summed E-state index contributed by atoms with van der Waals surface area (Å²) in [5.41, 5.74) is 5.85. The van der Waals surface area contributed by atoms with Gasteiger partial charge in [-0.25, -0.2) is 0 Å². The summed E-state index contributed by atoms with van der Waals surface area (Å²) in [4.78, 5) is 23.6. The second kappa shape index (κ2) is 9.96. The first kappa shape index (κ1) is 18.3. The Morgan fingerprint density at radius 2 is 1.71 bits per heavy atom. The zero-order valence-electron chi connectivity index (χ0n) is 14.5. The molecule has 1 aliphatic carbocycles. The molecule has 0 aliphatic heterocycles. The highest BCUT2D eigenvalue weighted by Crippen LogP contribution is 2.27. The lowest BCUT2D eigenvalue weighted by Gasteiger charge is -2.21. The molecule has 2 rings (SSSR count). The molecule has 5 heteroatoms. The van der Waals surface area contributed by atoms with Crippen molar-refractivity contribution >= 4 is 11.8 Å². The second-order valence-corrected chi connectivity index (χ2v) is 6.52. The maximum absolute atomic E-state index is 11.8. The summed E-state index contributed by atoms with van der Waals surface area (Å²) in [7, 11) is 1.60. The average Bonchev–Trinajstić information content (AvgIpc) is 2.61. The monoisotopic (exact) mass is 332 g/mol. The summed E-state index contributed by atoms with van der Waals surface area (Å²) in [5.74, 6) is 1.20. The van der Waals surface area contributed by atoms with Gasteiger partial charge in [0.05, 0.1) is 13.5 Å². The molecular formula is C19H28N2O3. The van der Waals surface area contributed by atoms with Crippen molar-refractivity contribution in [2.45, 2.75) is 57.8 Å². The Kier molecular flexibility index (Phi) is 7.59. The number of carbonyl (C=O) groups is 2. The highest BCUT2D eigenvalue weighted by molar-refractivity contribution is 5.83. The molecule has 0 spiro atoms. The molecule has 24 heavy (non-hydrogen) atoms. The third-order valence-corrected chi connectivity index (χ3v) is 4.61. The van der Waals surface area contributed by atoms with Crippen LogP contribution in [0.3, 0.4) is 0 Å². The molecule has 2 N–H and O–H groups in total. The fraction of sp³-hybridized carbons (Fsp3) is 0.579. The highest BCUT2D eigenvalue weighted by atomic mass is 16.5. The van der Waals surface area contributed by atoms with Gasteiger partial charge in [0.25, 0.3) is 0 Å². The van der Waals surface area contributed by atoms with E-state index in [2.05, 4.69) is 10.9 Å². The van der Waals surface area contributed by atoms with Crippen LogP contribution in [0.15, 0.2) is 24.3 Å². The van der Waals surface area contributed by atoms with Gasteiger partial charge in [-0.3, -0.25) is 20.4 Å². The molecule has 5 nitrogen and oxygen atoms in total. The van der Waals surface area contributed by atoms with Crippen molar-refractivity contribution < 1.29 is 14.3 Å². The minimum Gasteiger partial charge on any atom is -0.497 e. The Morgan fingerprint density at radius 1 is 1.04 bits per heavy atom. The van der Waals surface area contributed by atoms with Crippen molar-refractivity contribution in [2.24, 2.45) is 5.92 Å². The number of ether oxygens (including phenoxy) is 1. The van der Waals surface area contributed by atoms with Crippen molar-refractivity contribution in [3.63, 3.8) is 0 Å². The van der Waals surface area contributed by atoms with Crippen LogP contribution < -0.4 is 15.6 Å². The number of rotatable bonds is 7. The maximum Gasteiger partial charge on any atom is 0.242 e. The first-order valence-corrected chi connectivity index (χ1v) is 8.88. The van der Waals surface area contributed by atoms with Gasteiger partial charge in [0.15, 0.2) is 0 Å². The molecule has 0 aromatic heterocycles. The van der Waals surface area contributed by atoms with Crippen molar-refractivity contribution in [3.05, 3.63) is 29.8 Å². The van der Waals surface area contributed by atoms with Crippen LogP contribution in [0.5, 0.6) is 5.75 Å². The van der Waals surface area contributed by atoms with E-state index in [-0.39, 0.29) is 18.2 Å². The van der Waals surface area contributed by atoms with E-state index in [1.807, 2.05) is 24.3 Å². The number of hydrogen-bond donors (Lipinski definition) is 2. The van der Waals surface area contributed by atoms with E-state index in [1.54, 1.807) is 7.11 Å². The summed E-state index contributed by atoms with van der Waals surface area (Å²) in [6.45, 7) is 0. The van der Waals surface area contributed by atoms with Gasteiger partial charge in [0.1, 0.15) is 5.75 Å². The Morgan fingerprint density at radius 3 is 2.38 bits per heavy atom. The molecule has 0 heterocycles. The molecule has 2 amide bonds. The van der Waals surface area contributed by atoms with Crippen molar-refractivity contribution in [3.8, 4) is 5.75 Å². The van der Waals surface area contributed by atoms with Gasteiger partial charge in [0, 0.05) is 6.42 Å². The van der Waals surface area contributed by atoms with Crippen LogP contribution in [0, 0.1) is 5.92 Å². The summed E-state index contributed by atoms with van der Waals surface area (Å²) >= 11 is 0. The third-order valence-electron chi connectivity index (χ3n) is 4.61. The second-order valence-electron chi connectivity index (χ2n) is 6.52. The van der Waals surface area contributed by atoms with Crippen LogP contribution in [0.1, 0.15) is 56.9 Å². The van der Waals surface area contributed by atoms with Crippen LogP contribution in [-0.4, -0.2) is 18.9 Å². The minimum atomic E-state index is -0.221. The molecular weight excluding hydrogens is 304 g/mol. The van der Waals surface area contributed by atoms with Gasteiger partial charge in [-0.1, -0.05) is 44.2 Å². The first-order chi connectivity index (χ1) is 11.7. The Hall–Kier alpha value is -2.04. The van der Waals surface area contributed by atoms with Gasteiger partial charge >= 0.3 is 0 Å². The molecule has 0 radical (unpaired) electrons. The number of carbonyl (C=O) groups excluding carboxylic acids is 2. The fourth-order valence-corrected chi connectivity index (χ4v) is 3.20.